The topological polar surface area (TPSA) is 51.1 Å². The van der Waals surface area contributed by atoms with Gasteiger partial charge in [-0.1, -0.05) is 17.3 Å². The average molecular weight is 193 g/mol. The molecular formula is C10H11NO3. The quantitative estimate of drug-likeness (QED) is 0.419. The van der Waals surface area contributed by atoms with Crippen LogP contribution in [-0.2, 0) is 0 Å². The van der Waals surface area contributed by atoms with E-state index >= 15 is 0 Å². The van der Waals surface area contributed by atoms with Crippen LogP contribution in [0.1, 0.15) is 6.92 Å². The Labute approximate surface area is 81.8 Å². The van der Waals surface area contributed by atoms with Crippen LogP contribution >= 0.6 is 0 Å². The summed E-state index contributed by atoms with van der Waals surface area (Å²) in [5.74, 6) is 1.42. The normalized spacial score (nSPS) is 20.6. The summed E-state index contributed by atoms with van der Waals surface area (Å²) in [6.07, 6.45) is -0.296. The molecule has 0 saturated heterocycles. The second-order valence-corrected chi connectivity index (χ2v) is 3.11. The zero-order valence-electron chi connectivity index (χ0n) is 7.80. The van der Waals surface area contributed by atoms with Crippen LogP contribution in [0.4, 0.5) is 0 Å². The van der Waals surface area contributed by atoms with Gasteiger partial charge in [0.2, 0.25) is 0 Å². The highest BCUT2D eigenvalue weighted by Gasteiger charge is 2.22. The highest BCUT2D eigenvalue weighted by atomic mass is 16.6. The highest BCUT2D eigenvalue weighted by Crippen LogP contribution is 2.30. The van der Waals surface area contributed by atoms with Gasteiger partial charge in [0.05, 0.1) is 5.71 Å². The molecule has 1 heterocycles. The van der Waals surface area contributed by atoms with Crippen molar-refractivity contribution in [2.24, 2.45) is 5.16 Å². The zero-order valence-corrected chi connectivity index (χ0v) is 7.80. The molecular weight excluding hydrogens is 182 g/mol. The van der Waals surface area contributed by atoms with Gasteiger partial charge in [0, 0.05) is 0 Å². The third-order valence-electron chi connectivity index (χ3n) is 2.13. The highest BCUT2D eigenvalue weighted by molar-refractivity contribution is 5.86. The molecule has 4 heteroatoms. The van der Waals surface area contributed by atoms with E-state index in [2.05, 4.69) is 5.16 Å². The number of hydrogen-bond donors (Lipinski definition) is 1. The van der Waals surface area contributed by atoms with Crippen molar-refractivity contribution in [2.45, 2.75) is 13.0 Å². The van der Waals surface area contributed by atoms with Gasteiger partial charge >= 0.3 is 0 Å². The van der Waals surface area contributed by atoms with Gasteiger partial charge in [0.1, 0.15) is 6.61 Å². The van der Waals surface area contributed by atoms with Gasteiger partial charge in [-0.15, -0.1) is 0 Å². The molecule has 0 aliphatic carbocycles. The van der Waals surface area contributed by atoms with Gasteiger partial charge in [-0.25, -0.2) is 0 Å². The molecule has 1 atom stereocenters. The molecule has 1 unspecified atom stereocenters. The number of benzene rings is 1. The number of fused-ring (bicyclic) bond motifs is 1. The molecule has 1 aromatic rings. The fourth-order valence-corrected chi connectivity index (χ4v) is 1.29. The van der Waals surface area contributed by atoms with Crippen molar-refractivity contribution in [3.8, 4) is 11.5 Å². The van der Waals surface area contributed by atoms with E-state index in [1.807, 2.05) is 24.3 Å². The molecule has 0 fully saturated rings. The second-order valence-electron chi connectivity index (χ2n) is 3.11. The minimum Gasteiger partial charge on any atom is -0.485 e. The summed E-state index contributed by atoms with van der Waals surface area (Å²) >= 11 is 0. The maximum Gasteiger partial charge on any atom is 0.174 e. The smallest absolute Gasteiger partial charge is 0.174 e. The standard InChI is InChI=1S/C10H11NO3/c1-7(11-12)10-6-13-8-4-2-3-5-9(8)14-10/h2-5,10,12H,6H2,1H3. The van der Waals surface area contributed by atoms with Gasteiger partial charge in [0.25, 0.3) is 0 Å². The molecule has 0 saturated carbocycles. The fraction of sp³-hybridized carbons (Fsp3) is 0.300. The molecule has 0 radical (unpaired) electrons. The molecule has 4 nitrogen and oxygen atoms in total. The number of para-hydroxylation sites is 2. The summed E-state index contributed by atoms with van der Waals surface area (Å²) in [5.41, 5.74) is 0.513. The van der Waals surface area contributed by atoms with Crippen molar-refractivity contribution in [1.29, 1.82) is 0 Å². The Balaban J connectivity index is 2.21. The number of oxime groups is 1. The Morgan fingerprint density at radius 3 is 2.86 bits per heavy atom. The van der Waals surface area contributed by atoms with E-state index in [9.17, 15) is 0 Å². The molecule has 14 heavy (non-hydrogen) atoms. The van der Waals surface area contributed by atoms with Gasteiger partial charge in [-0.05, 0) is 19.1 Å². The van der Waals surface area contributed by atoms with Crippen molar-refractivity contribution in [2.75, 3.05) is 6.61 Å². The zero-order chi connectivity index (χ0) is 9.97. The lowest BCUT2D eigenvalue weighted by Gasteiger charge is -2.25. The van der Waals surface area contributed by atoms with Crippen LogP contribution < -0.4 is 9.47 Å². The third kappa shape index (κ3) is 1.51. The molecule has 0 aromatic heterocycles. The van der Waals surface area contributed by atoms with E-state index < -0.39 is 0 Å². The number of ether oxygens (including phenoxy) is 2. The molecule has 74 valence electrons. The minimum atomic E-state index is -0.296. The summed E-state index contributed by atoms with van der Waals surface area (Å²) in [6.45, 7) is 2.08. The molecule has 0 amide bonds. The Morgan fingerprint density at radius 2 is 2.14 bits per heavy atom. The number of hydrogen-bond acceptors (Lipinski definition) is 4. The van der Waals surface area contributed by atoms with Crippen LogP contribution in [-0.4, -0.2) is 23.6 Å². The Bertz CT molecular complexity index is 362. The molecule has 2 rings (SSSR count). The van der Waals surface area contributed by atoms with E-state index in [1.54, 1.807) is 6.92 Å². The monoisotopic (exact) mass is 193 g/mol. The van der Waals surface area contributed by atoms with Crippen LogP contribution in [0.25, 0.3) is 0 Å². The van der Waals surface area contributed by atoms with Crippen molar-refractivity contribution < 1.29 is 14.7 Å². The lowest BCUT2D eigenvalue weighted by Crippen LogP contribution is -2.35. The van der Waals surface area contributed by atoms with E-state index in [4.69, 9.17) is 14.7 Å². The van der Waals surface area contributed by atoms with Crippen LogP contribution in [0.2, 0.25) is 0 Å². The Morgan fingerprint density at radius 1 is 1.43 bits per heavy atom. The Hall–Kier alpha value is -1.71. The van der Waals surface area contributed by atoms with Crippen LogP contribution in [0, 0.1) is 0 Å². The summed E-state index contributed by atoms with van der Waals surface area (Å²) in [7, 11) is 0. The summed E-state index contributed by atoms with van der Waals surface area (Å²) < 4.78 is 11.0. The largest absolute Gasteiger partial charge is 0.485 e. The van der Waals surface area contributed by atoms with Gasteiger partial charge in [0.15, 0.2) is 17.6 Å². The first-order valence-electron chi connectivity index (χ1n) is 4.38. The van der Waals surface area contributed by atoms with Gasteiger partial charge in [-0.3, -0.25) is 0 Å². The van der Waals surface area contributed by atoms with Crippen LogP contribution in [0.15, 0.2) is 29.4 Å². The van der Waals surface area contributed by atoms with Crippen molar-refractivity contribution >= 4 is 5.71 Å². The lowest BCUT2D eigenvalue weighted by molar-refractivity contribution is 0.131. The summed E-state index contributed by atoms with van der Waals surface area (Å²) in [5, 5.41) is 11.7. The van der Waals surface area contributed by atoms with E-state index in [1.165, 1.54) is 0 Å². The van der Waals surface area contributed by atoms with E-state index in [0.29, 0.717) is 18.1 Å². The Kier molecular flexibility index (Phi) is 2.26. The van der Waals surface area contributed by atoms with Crippen molar-refractivity contribution in [3.63, 3.8) is 0 Å². The fourth-order valence-electron chi connectivity index (χ4n) is 1.29. The number of nitrogens with zero attached hydrogens (tertiary/aromatic N) is 1. The van der Waals surface area contributed by atoms with Gasteiger partial charge in [-0.2, -0.15) is 0 Å². The van der Waals surface area contributed by atoms with Crippen LogP contribution in [0.5, 0.6) is 11.5 Å². The molecule has 1 aliphatic rings. The maximum absolute atomic E-state index is 8.59. The molecule has 0 spiro atoms. The second kappa shape index (κ2) is 3.57. The minimum absolute atomic E-state index is 0.296. The van der Waals surface area contributed by atoms with Gasteiger partial charge < -0.3 is 14.7 Å². The van der Waals surface area contributed by atoms with Crippen LogP contribution in [0.3, 0.4) is 0 Å². The lowest BCUT2D eigenvalue weighted by atomic mass is 10.2. The predicted molar refractivity (Wildman–Crippen MR) is 51.2 cm³/mol. The van der Waals surface area contributed by atoms with E-state index in [-0.39, 0.29) is 6.10 Å². The third-order valence-corrected chi connectivity index (χ3v) is 2.13. The SMILES string of the molecule is CC(=NO)C1COc2ccccc2O1. The first kappa shape index (κ1) is 8.87. The first-order valence-corrected chi connectivity index (χ1v) is 4.38. The number of rotatable bonds is 1. The van der Waals surface area contributed by atoms with E-state index in [0.717, 1.165) is 5.75 Å². The molecule has 0 bridgehead atoms. The molecule has 1 N–H and O–H groups in total. The average Bonchev–Trinajstić information content (AvgIpc) is 2.27. The maximum atomic E-state index is 8.59. The van der Waals surface area contributed by atoms with Crippen molar-refractivity contribution in [3.05, 3.63) is 24.3 Å². The first-order chi connectivity index (χ1) is 6.81. The molecule has 1 aliphatic heterocycles. The molecule has 1 aromatic carbocycles. The summed E-state index contributed by atoms with van der Waals surface area (Å²) in [4.78, 5) is 0. The predicted octanol–water partition coefficient (Wildman–Crippen LogP) is 1.68. The van der Waals surface area contributed by atoms with Crippen molar-refractivity contribution in [1.82, 2.24) is 0 Å². The summed E-state index contributed by atoms with van der Waals surface area (Å²) in [6, 6.07) is 7.43.